The van der Waals surface area contributed by atoms with Gasteiger partial charge in [0.2, 0.25) is 12.3 Å². The van der Waals surface area contributed by atoms with Gasteiger partial charge in [-0.3, -0.25) is 4.79 Å². The van der Waals surface area contributed by atoms with Gasteiger partial charge in [0.1, 0.15) is 0 Å². The Morgan fingerprint density at radius 3 is 2.38 bits per heavy atom. The van der Waals surface area contributed by atoms with Gasteiger partial charge in [0.25, 0.3) is 5.91 Å². The second-order valence-corrected chi connectivity index (χ2v) is 5.20. The molecule has 0 saturated heterocycles. The molecule has 1 N–H and O–H groups in total. The summed E-state index contributed by atoms with van der Waals surface area (Å²) >= 11 is 3.35. The summed E-state index contributed by atoms with van der Waals surface area (Å²) < 4.78 is 6.06. The molecule has 0 spiro atoms. The Kier molecular flexibility index (Phi) is 3.79. The zero-order valence-corrected chi connectivity index (χ0v) is 12.4. The quantitative estimate of drug-likeness (QED) is 0.786. The Bertz CT molecular complexity index is 738. The molecule has 2 aromatic carbocycles. The molecule has 5 nitrogen and oxygen atoms in total. The average molecular weight is 344 g/mol. The molecule has 104 valence electrons. The Balaban J connectivity index is 1.74. The van der Waals surface area contributed by atoms with Gasteiger partial charge in [0, 0.05) is 21.3 Å². The van der Waals surface area contributed by atoms with Gasteiger partial charge in [0.05, 0.1) is 0 Å². The molecule has 0 aliphatic rings. The standard InChI is InChI=1S/C15H10BrN3O2/c16-12-5-7-13(8-6-12)18-14(20)10-1-3-11(4-2-10)15-19-17-9-21-15/h1-9H,(H,18,20). The number of anilines is 1. The van der Waals surface area contributed by atoms with Gasteiger partial charge in [0.15, 0.2) is 0 Å². The third kappa shape index (κ3) is 3.17. The highest BCUT2D eigenvalue weighted by Gasteiger charge is 2.08. The van der Waals surface area contributed by atoms with Gasteiger partial charge in [-0.15, -0.1) is 10.2 Å². The van der Waals surface area contributed by atoms with Gasteiger partial charge in [-0.2, -0.15) is 0 Å². The first-order chi connectivity index (χ1) is 10.2. The maximum Gasteiger partial charge on any atom is 0.255 e. The number of carbonyl (C=O) groups is 1. The van der Waals surface area contributed by atoms with Crippen LogP contribution in [0, 0.1) is 0 Å². The van der Waals surface area contributed by atoms with Crippen molar-refractivity contribution in [1.29, 1.82) is 0 Å². The van der Waals surface area contributed by atoms with E-state index in [4.69, 9.17) is 4.42 Å². The summed E-state index contributed by atoms with van der Waals surface area (Å²) in [6.45, 7) is 0. The van der Waals surface area contributed by atoms with Crippen LogP contribution in [-0.4, -0.2) is 16.1 Å². The van der Waals surface area contributed by atoms with Crippen LogP contribution in [0.1, 0.15) is 10.4 Å². The Hall–Kier alpha value is -2.47. The number of halogens is 1. The maximum absolute atomic E-state index is 12.1. The SMILES string of the molecule is O=C(Nc1ccc(Br)cc1)c1ccc(-c2nnco2)cc1. The lowest BCUT2D eigenvalue weighted by molar-refractivity contribution is 0.102. The molecular formula is C15H10BrN3O2. The first-order valence-electron chi connectivity index (χ1n) is 6.16. The van der Waals surface area contributed by atoms with E-state index < -0.39 is 0 Å². The molecule has 0 unspecified atom stereocenters. The molecule has 0 aliphatic carbocycles. The van der Waals surface area contributed by atoms with Gasteiger partial charge < -0.3 is 9.73 Å². The van der Waals surface area contributed by atoms with Crippen molar-refractivity contribution in [3.63, 3.8) is 0 Å². The van der Waals surface area contributed by atoms with Crippen molar-refractivity contribution in [1.82, 2.24) is 10.2 Å². The molecule has 3 rings (SSSR count). The molecule has 0 saturated carbocycles. The van der Waals surface area contributed by atoms with Crippen LogP contribution in [-0.2, 0) is 0 Å². The van der Waals surface area contributed by atoms with E-state index >= 15 is 0 Å². The zero-order chi connectivity index (χ0) is 14.7. The predicted octanol–water partition coefficient (Wildman–Crippen LogP) is 3.75. The predicted molar refractivity (Wildman–Crippen MR) is 81.8 cm³/mol. The van der Waals surface area contributed by atoms with Gasteiger partial charge in [-0.05, 0) is 48.5 Å². The highest BCUT2D eigenvalue weighted by atomic mass is 79.9. The molecule has 0 aliphatic heterocycles. The van der Waals surface area contributed by atoms with E-state index in [1.54, 1.807) is 24.3 Å². The van der Waals surface area contributed by atoms with Crippen molar-refractivity contribution in [2.75, 3.05) is 5.32 Å². The second-order valence-electron chi connectivity index (χ2n) is 4.28. The lowest BCUT2D eigenvalue weighted by Gasteiger charge is -2.05. The van der Waals surface area contributed by atoms with Crippen LogP contribution in [0.4, 0.5) is 5.69 Å². The summed E-state index contributed by atoms with van der Waals surface area (Å²) in [5.74, 6) is 0.254. The lowest BCUT2D eigenvalue weighted by atomic mass is 10.1. The van der Waals surface area contributed by atoms with Crippen LogP contribution in [0.5, 0.6) is 0 Å². The minimum atomic E-state index is -0.172. The van der Waals surface area contributed by atoms with E-state index in [1.165, 1.54) is 6.39 Å². The molecule has 0 atom stereocenters. The number of aromatic nitrogens is 2. The van der Waals surface area contributed by atoms with Gasteiger partial charge in [-0.25, -0.2) is 0 Å². The normalized spacial score (nSPS) is 10.3. The van der Waals surface area contributed by atoms with Crippen molar-refractivity contribution in [3.8, 4) is 11.5 Å². The van der Waals surface area contributed by atoms with E-state index in [0.29, 0.717) is 11.5 Å². The lowest BCUT2D eigenvalue weighted by Crippen LogP contribution is -2.11. The smallest absolute Gasteiger partial charge is 0.255 e. The number of rotatable bonds is 3. The molecule has 6 heteroatoms. The van der Waals surface area contributed by atoms with Crippen molar-refractivity contribution < 1.29 is 9.21 Å². The summed E-state index contributed by atoms with van der Waals surface area (Å²) in [7, 11) is 0. The molecular weight excluding hydrogens is 334 g/mol. The minimum absolute atomic E-state index is 0.172. The Morgan fingerprint density at radius 1 is 1.05 bits per heavy atom. The van der Waals surface area contributed by atoms with E-state index in [-0.39, 0.29) is 5.91 Å². The zero-order valence-electron chi connectivity index (χ0n) is 10.8. The van der Waals surface area contributed by atoms with Crippen LogP contribution in [0.25, 0.3) is 11.5 Å². The summed E-state index contributed by atoms with van der Waals surface area (Å²) in [6.07, 6.45) is 1.27. The fraction of sp³-hybridized carbons (Fsp3) is 0. The van der Waals surface area contributed by atoms with Gasteiger partial charge >= 0.3 is 0 Å². The fourth-order valence-electron chi connectivity index (χ4n) is 1.80. The maximum atomic E-state index is 12.1. The number of hydrogen-bond donors (Lipinski definition) is 1. The highest BCUT2D eigenvalue weighted by Crippen LogP contribution is 2.18. The number of amides is 1. The van der Waals surface area contributed by atoms with Gasteiger partial charge in [-0.1, -0.05) is 15.9 Å². The summed E-state index contributed by atoms with van der Waals surface area (Å²) in [5.41, 5.74) is 2.07. The molecule has 1 heterocycles. The first kappa shape index (κ1) is 13.5. The van der Waals surface area contributed by atoms with Crippen molar-refractivity contribution >= 4 is 27.5 Å². The highest BCUT2D eigenvalue weighted by molar-refractivity contribution is 9.10. The molecule has 3 aromatic rings. The summed E-state index contributed by atoms with van der Waals surface area (Å²) in [4.78, 5) is 12.1. The van der Waals surface area contributed by atoms with E-state index in [9.17, 15) is 4.79 Å². The van der Waals surface area contributed by atoms with E-state index in [1.807, 2.05) is 24.3 Å². The van der Waals surface area contributed by atoms with Crippen LogP contribution < -0.4 is 5.32 Å². The summed E-state index contributed by atoms with van der Waals surface area (Å²) in [5, 5.41) is 10.3. The van der Waals surface area contributed by atoms with Crippen molar-refractivity contribution in [3.05, 3.63) is 65.0 Å². The fourth-order valence-corrected chi connectivity index (χ4v) is 2.06. The van der Waals surface area contributed by atoms with Crippen LogP contribution in [0.3, 0.4) is 0 Å². The Labute approximate surface area is 129 Å². The molecule has 21 heavy (non-hydrogen) atoms. The minimum Gasteiger partial charge on any atom is -0.423 e. The summed E-state index contributed by atoms with van der Waals surface area (Å²) in [6, 6.07) is 14.4. The molecule has 0 bridgehead atoms. The van der Waals surface area contributed by atoms with Crippen molar-refractivity contribution in [2.45, 2.75) is 0 Å². The van der Waals surface area contributed by atoms with E-state index in [2.05, 4.69) is 31.4 Å². The number of carbonyl (C=O) groups excluding carboxylic acids is 1. The topological polar surface area (TPSA) is 68.0 Å². The Morgan fingerprint density at radius 2 is 1.76 bits per heavy atom. The van der Waals surface area contributed by atoms with Crippen LogP contribution >= 0.6 is 15.9 Å². The van der Waals surface area contributed by atoms with Crippen molar-refractivity contribution in [2.24, 2.45) is 0 Å². The van der Waals surface area contributed by atoms with Crippen LogP contribution in [0.2, 0.25) is 0 Å². The first-order valence-corrected chi connectivity index (χ1v) is 6.95. The number of nitrogens with zero attached hydrogens (tertiary/aromatic N) is 2. The largest absolute Gasteiger partial charge is 0.423 e. The second kappa shape index (κ2) is 5.88. The van der Waals surface area contributed by atoms with Crippen LogP contribution in [0.15, 0.2) is 63.8 Å². The molecule has 0 fully saturated rings. The molecule has 1 amide bonds. The van der Waals surface area contributed by atoms with E-state index in [0.717, 1.165) is 15.7 Å². The number of nitrogens with one attached hydrogen (secondary N) is 1. The molecule has 0 radical (unpaired) electrons. The average Bonchev–Trinajstić information content (AvgIpc) is 3.04. The molecule has 1 aromatic heterocycles. The third-order valence-electron chi connectivity index (χ3n) is 2.86. The third-order valence-corrected chi connectivity index (χ3v) is 3.38. The monoisotopic (exact) mass is 343 g/mol. The number of benzene rings is 2. The number of hydrogen-bond acceptors (Lipinski definition) is 4.